The molecule has 3 aromatic rings. The van der Waals surface area contributed by atoms with E-state index in [2.05, 4.69) is 5.32 Å². The van der Waals surface area contributed by atoms with E-state index in [1.54, 1.807) is 49.6 Å². The van der Waals surface area contributed by atoms with Crippen molar-refractivity contribution in [2.45, 2.75) is 23.8 Å². The van der Waals surface area contributed by atoms with Crippen molar-refractivity contribution in [1.82, 2.24) is 4.31 Å². The van der Waals surface area contributed by atoms with Crippen molar-refractivity contribution in [3.63, 3.8) is 0 Å². The van der Waals surface area contributed by atoms with Crippen molar-refractivity contribution in [2.24, 2.45) is 0 Å². The molecule has 0 aromatic heterocycles. The van der Waals surface area contributed by atoms with Crippen LogP contribution in [0.3, 0.4) is 0 Å². The highest BCUT2D eigenvalue weighted by Gasteiger charge is 2.39. The molecule has 7 heteroatoms. The standard InChI is InChI=1S/C22H22N2O4S/c1-28-19-9-4-8-18(15-19)23-22(25)21-10-5-13-24(21)29(26,27)20-12-11-16-6-2-3-7-17(16)14-20/h2-4,6-9,11-12,14-15,21H,5,10,13H2,1H3,(H,23,25)/t21-/m0/s1. The zero-order chi connectivity index (χ0) is 20.4. The number of anilines is 1. The van der Waals surface area contributed by atoms with Crippen molar-refractivity contribution in [3.8, 4) is 5.75 Å². The number of methoxy groups -OCH3 is 1. The van der Waals surface area contributed by atoms with Crippen LogP contribution < -0.4 is 10.1 Å². The number of hydrogen-bond donors (Lipinski definition) is 1. The lowest BCUT2D eigenvalue weighted by atomic mass is 10.1. The zero-order valence-electron chi connectivity index (χ0n) is 16.0. The van der Waals surface area contributed by atoms with Gasteiger partial charge in [-0.3, -0.25) is 4.79 Å². The summed E-state index contributed by atoms with van der Waals surface area (Å²) in [5.41, 5.74) is 0.573. The van der Waals surface area contributed by atoms with Crippen LogP contribution in [0.5, 0.6) is 5.75 Å². The van der Waals surface area contributed by atoms with Crippen LogP contribution in [0.25, 0.3) is 10.8 Å². The molecule has 1 atom stereocenters. The molecule has 0 unspecified atom stereocenters. The second kappa shape index (κ2) is 7.85. The summed E-state index contributed by atoms with van der Waals surface area (Å²) in [5.74, 6) is 0.287. The van der Waals surface area contributed by atoms with Gasteiger partial charge in [0.15, 0.2) is 0 Å². The minimum absolute atomic E-state index is 0.206. The number of nitrogens with zero attached hydrogens (tertiary/aromatic N) is 1. The second-order valence-electron chi connectivity index (χ2n) is 7.00. The Morgan fingerprint density at radius 1 is 1.03 bits per heavy atom. The van der Waals surface area contributed by atoms with Gasteiger partial charge in [0.05, 0.1) is 12.0 Å². The summed E-state index contributed by atoms with van der Waals surface area (Å²) in [7, 11) is -2.23. The Morgan fingerprint density at radius 3 is 2.62 bits per heavy atom. The summed E-state index contributed by atoms with van der Waals surface area (Å²) in [6, 6.07) is 18.9. The molecule has 4 rings (SSSR count). The monoisotopic (exact) mass is 410 g/mol. The molecule has 0 spiro atoms. The summed E-state index contributed by atoms with van der Waals surface area (Å²) in [4.78, 5) is 13.1. The van der Waals surface area contributed by atoms with Gasteiger partial charge in [0.1, 0.15) is 11.8 Å². The summed E-state index contributed by atoms with van der Waals surface area (Å²) < 4.78 is 33.0. The first-order valence-electron chi connectivity index (χ1n) is 9.44. The number of benzene rings is 3. The van der Waals surface area contributed by atoms with Crippen molar-refractivity contribution in [2.75, 3.05) is 19.0 Å². The maximum Gasteiger partial charge on any atom is 0.243 e. The average molecular weight is 410 g/mol. The fourth-order valence-corrected chi connectivity index (χ4v) is 5.37. The van der Waals surface area contributed by atoms with Crippen LogP contribution in [-0.2, 0) is 14.8 Å². The predicted molar refractivity (Wildman–Crippen MR) is 112 cm³/mol. The van der Waals surface area contributed by atoms with Gasteiger partial charge in [0.2, 0.25) is 15.9 Å². The average Bonchev–Trinajstić information content (AvgIpc) is 3.24. The first kappa shape index (κ1) is 19.4. The molecule has 1 amide bonds. The van der Waals surface area contributed by atoms with E-state index >= 15 is 0 Å². The van der Waals surface area contributed by atoms with Crippen LogP contribution in [0, 0.1) is 0 Å². The van der Waals surface area contributed by atoms with E-state index < -0.39 is 16.1 Å². The van der Waals surface area contributed by atoms with Gasteiger partial charge < -0.3 is 10.1 Å². The molecule has 1 fully saturated rings. The minimum atomic E-state index is -3.78. The Hall–Kier alpha value is -2.90. The van der Waals surface area contributed by atoms with E-state index in [9.17, 15) is 13.2 Å². The van der Waals surface area contributed by atoms with E-state index in [1.165, 1.54) is 4.31 Å². The Morgan fingerprint density at radius 2 is 1.83 bits per heavy atom. The molecule has 6 nitrogen and oxygen atoms in total. The summed E-state index contributed by atoms with van der Waals surface area (Å²) in [6.45, 7) is 0.325. The first-order chi connectivity index (χ1) is 14.0. The molecule has 1 saturated heterocycles. The lowest BCUT2D eigenvalue weighted by Crippen LogP contribution is -2.43. The largest absolute Gasteiger partial charge is 0.497 e. The Labute approximate surface area is 170 Å². The fourth-order valence-electron chi connectivity index (χ4n) is 3.68. The minimum Gasteiger partial charge on any atom is -0.497 e. The van der Waals surface area contributed by atoms with Gasteiger partial charge in [-0.1, -0.05) is 36.4 Å². The third kappa shape index (κ3) is 3.83. The number of fused-ring (bicyclic) bond motifs is 1. The number of amides is 1. The molecule has 150 valence electrons. The Kier molecular flexibility index (Phi) is 5.25. The number of carbonyl (C=O) groups is 1. The fraction of sp³-hybridized carbons (Fsp3) is 0.227. The maximum absolute atomic E-state index is 13.3. The van der Waals surface area contributed by atoms with Crippen LogP contribution >= 0.6 is 0 Å². The third-order valence-electron chi connectivity index (χ3n) is 5.17. The van der Waals surface area contributed by atoms with E-state index in [0.29, 0.717) is 30.8 Å². The molecule has 1 aliphatic heterocycles. The lowest BCUT2D eigenvalue weighted by Gasteiger charge is -2.23. The molecule has 1 heterocycles. The number of carbonyl (C=O) groups excluding carboxylic acids is 1. The van der Waals surface area contributed by atoms with Gasteiger partial charge >= 0.3 is 0 Å². The van der Waals surface area contributed by atoms with E-state index in [4.69, 9.17) is 4.74 Å². The molecule has 0 aliphatic carbocycles. The smallest absolute Gasteiger partial charge is 0.243 e. The summed E-state index contributed by atoms with van der Waals surface area (Å²) in [5, 5.41) is 4.64. The van der Waals surface area contributed by atoms with Gasteiger partial charge in [0.25, 0.3) is 0 Å². The van der Waals surface area contributed by atoms with Gasteiger partial charge in [-0.15, -0.1) is 0 Å². The Bertz CT molecular complexity index is 1160. The number of nitrogens with one attached hydrogen (secondary N) is 1. The molecule has 29 heavy (non-hydrogen) atoms. The maximum atomic E-state index is 13.3. The van der Waals surface area contributed by atoms with Crippen molar-refractivity contribution in [3.05, 3.63) is 66.7 Å². The topological polar surface area (TPSA) is 75.7 Å². The van der Waals surface area contributed by atoms with Gasteiger partial charge in [-0.05, 0) is 47.9 Å². The predicted octanol–water partition coefficient (Wildman–Crippen LogP) is 3.64. The van der Waals surface area contributed by atoms with Gasteiger partial charge in [-0.2, -0.15) is 4.31 Å². The van der Waals surface area contributed by atoms with Crippen LogP contribution in [0.2, 0.25) is 0 Å². The molecular weight excluding hydrogens is 388 g/mol. The quantitative estimate of drug-likeness (QED) is 0.697. The summed E-state index contributed by atoms with van der Waals surface area (Å²) in [6.07, 6.45) is 1.13. The number of rotatable bonds is 5. The van der Waals surface area contributed by atoms with Gasteiger partial charge in [-0.25, -0.2) is 8.42 Å². The lowest BCUT2D eigenvalue weighted by molar-refractivity contribution is -0.119. The van der Waals surface area contributed by atoms with Crippen molar-refractivity contribution >= 4 is 32.4 Å². The molecular formula is C22H22N2O4S. The number of hydrogen-bond acceptors (Lipinski definition) is 4. The Balaban J connectivity index is 1.59. The molecule has 1 N–H and O–H groups in total. The summed E-state index contributed by atoms with van der Waals surface area (Å²) >= 11 is 0. The highest BCUT2D eigenvalue weighted by molar-refractivity contribution is 7.89. The SMILES string of the molecule is COc1cccc(NC(=O)[C@@H]2CCCN2S(=O)(=O)c2ccc3ccccc3c2)c1. The van der Waals surface area contributed by atoms with Crippen LogP contribution in [0.4, 0.5) is 5.69 Å². The van der Waals surface area contributed by atoms with E-state index in [0.717, 1.165) is 10.8 Å². The molecule has 0 saturated carbocycles. The third-order valence-corrected chi connectivity index (χ3v) is 7.08. The molecule has 3 aromatic carbocycles. The first-order valence-corrected chi connectivity index (χ1v) is 10.9. The second-order valence-corrected chi connectivity index (χ2v) is 8.89. The zero-order valence-corrected chi connectivity index (χ0v) is 16.9. The van der Waals surface area contributed by atoms with Crippen LogP contribution in [0.1, 0.15) is 12.8 Å². The highest BCUT2D eigenvalue weighted by Crippen LogP contribution is 2.29. The van der Waals surface area contributed by atoms with Crippen molar-refractivity contribution in [1.29, 1.82) is 0 Å². The highest BCUT2D eigenvalue weighted by atomic mass is 32.2. The number of ether oxygens (including phenoxy) is 1. The normalized spacial score (nSPS) is 17.3. The van der Waals surface area contributed by atoms with Gasteiger partial charge in [0, 0.05) is 18.3 Å². The number of sulfonamides is 1. The molecule has 1 aliphatic rings. The van der Waals surface area contributed by atoms with Crippen LogP contribution in [-0.4, -0.2) is 38.3 Å². The van der Waals surface area contributed by atoms with E-state index in [-0.39, 0.29) is 10.8 Å². The van der Waals surface area contributed by atoms with Crippen molar-refractivity contribution < 1.29 is 17.9 Å². The van der Waals surface area contributed by atoms with Crippen LogP contribution in [0.15, 0.2) is 71.6 Å². The molecule has 0 bridgehead atoms. The molecule has 0 radical (unpaired) electrons. The van der Waals surface area contributed by atoms with E-state index in [1.807, 2.05) is 24.3 Å².